The molecule has 8 heteroatoms. The number of H-pyrrole nitrogens is 1. The number of nitrogens with zero attached hydrogens (tertiary/aromatic N) is 4. The Morgan fingerprint density at radius 3 is 2.52 bits per heavy atom. The summed E-state index contributed by atoms with van der Waals surface area (Å²) in [4.78, 5) is 28.6. The molecule has 0 radical (unpaired) electrons. The number of ether oxygens (including phenoxy) is 1. The highest BCUT2D eigenvalue weighted by molar-refractivity contribution is 5.91. The van der Waals surface area contributed by atoms with Crippen LogP contribution in [-0.4, -0.2) is 82.1 Å². The van der Waals surface area contributed by atoms with E-state index in [4.69, 9.17) is 4.74 Å². The van der Waals surface area contributed by atoms with Gasteiger partial charge in [-0.1, -0.05) is 0 Å². The highest BCUT2D eigenvalue weighted by Gasteiger charge is 2.30. The maximum absolute atomic E-state index is 11.6. The van der Waals surface area contributed by atoms with Crippen LogP contribution in [0.15, 0.2) is 12.5 Å². The smallest absolute Gasteiger partial charge is 0.219 e. The van der Waals surface area contributed by atoms with E-state index in [0.29, 0.717) is 18.0 Å². The zero-order chi connectivity index (χ0) is 21.2. The van der Waals surface area contributed by atoms with Crippen molar-refractivity contribution in [1.82, 2.24) is 24.8 Å². The number of carbonyl (C=O) groups is 1. The van der Waals surface area contributed by atoms with Gasteiger partial charge in [-0.25, -0.2) is 9.97 Å². The van der Waals surface area contributed by atoms with Gasteiger partial charge < -0.3 is 19.9 Å². The zero-order valence-corrected chi connectivity index (χ0v) is 18.5. The molecule has 0 aromatic carbocycles. The van der Waals surface area contributed by atoms with Gasteiger partial charge in [0.1, 0.15) is 17.8 Å². The van der Waals surface area contributed by atoms with Crippen molar-refractivity contribution < 1.29 is 9.53 Å². The van der Waals surface area contributed by atoms with Crippen LogP contribution in [0.3, 0.4) is 0 Å². The molecule has 0 spiro atoms. The van der Waals surface area contributed by atoms with E-state index in [1.807, 2.05) is 4.90 Å². The topological polar surface area (TPSA) is 86.4 Å². The Morgan fingerprint density at radius 2 is 1.81 bits per heavy atom. The lowest BCUT2D eigenvalue weighted by atomic mass is 9.89. The number of nitrogens with one attached hydrogen (secondary N) is 2. The first-order valence-electron chi connectivity index (χ1n) is 11.8. The van der Waals surface area contributed by atoms with Crippen molar-refractivity contribution in [3.8, 4) is 0 Å². The Bertz CT molecular complexity index is 893. The predicted octanol–water partition coefficient (Wildman–Crippen LogP) is 2.74. The minimum Gasteiger partial charge on any atom is -0.381 e. The third kappa shape index (κ3) is 4.41. The highest BCUT2D eigenvalue weighted by Crippen LogP contribution is 2.36. The number of anilines is 1. The molecule has 1 saturated carbocycles. The van der Waals surface area contributed by atoms with Gasteiger partial charge >= 0.3 is 0 Å². The normalized spacial score (nSPS) is 26.3. The molecule has 0 atom stereocenters. The molecule has 3 aliphatic rings. The number of aromatic amines is 1. The molecule has 168 valence electrons. The van der Waals surface area contributed by atoms with Gasteiger partial charge in [-0.2, -0.15) is 0 Å². The van der Waals surface area contributed by atoms with Crippen LogP contribution in [0.4, 0.5) is 5.82 Å². The number of hydrogen-bond acceptors (Lipinski definition) is 6. The summed E-state index contributed by atoms with van der Waals surface area (Å²) in [5, 5.41) is 4.92. The number of fused-ring (bicyclic) bond motifs is 1. The van der Waals surface area contributed by atoms with Crippen LogP contribution in [0.5, 0.6) is 0 Å². The van der Waals surface area contributed by atoms with Gasteiger partial charge in [0.05, 0.1) is 5.39 Å². The maximum atomic E-state index is 11.6. The second-order valence-corrected chi connectivity index (χ2v) is 9.27. The molecule has 31 heavy (non-hydrogen) atoms. The maximum Gasteiger partial charge on any atom is 0.219 e. The van der Waals surface area contributed by atoms with Crippen LogP contribution in [0, 0.1) is 0 Å². The van der Waals surface area contributed by atoms with Crippen molar-refractivity contribution in [3.05, 3.63) is 18.1 Å². The summed E-state index contributed by atoms with van der Waals surface area (Å²) in [7, 11) is 0. The molecule has 0 unspecified atom stereocenters. The number of rotatable bonds is 4. The summed E-state index contributed by atoms with van der Waals surface area (Å²) in [6.45, 7) is 7.09. The SMILES string of the molecule is CC(=O)N1CCN([C@H]2CC[C@H](Nc3ncnc4[nH]cc(C5CCOCC5)c34)CC2)CC1. The lowest BCUT2D eigenvalue weighted by Gasteiger charge is -2.42. The van der Waals surface area contributed by atoms with Crippen LogP contribution in [0.1, 0.15) is 56.9 Å². The molecule has 1 aliphatic carbocycles. The molecule has 2 saturated heterocycles. The summed E-state index contributed by atoms with van der Waals surface area (Å²) < 4.78 is 5.56. The van der Waals surface area contributed by atoms with Crippen molar-refractivity contribution in [2.75, 3.05) is 44.7 Å². The first-order valence-corrected chi connectivity index (χ1v) is 11.8. The number of carbonyl (C=O) groups excluding carboxylic acids is 1. The van der Waals surface area contributed by atoms with Crippen molar-refractivity contribution >= 4 is 22.8 Å². The van der Waals surface area contributed by atoms with E-state index >= 15 is 0 Å². The van der Waals surface area contributed by atoms with E-state index in [9.17, 15) is 4.79 Å². The fraction of sp³-hybridized carbons (Fsp3) is 0.696. The highest BCUT2D eigenvalue weighted by atomic mass is 16.5. The summed E-state index contributed by atoms with van der Waals surface area (Å²) in [5.41, 5.74) is 2.26. The molecule has 5 rings (SSSR count). The number of hydrogen-bond donors (Lipinski definition) is 2. The van der Waals surface area contributed by atoms with Crippen LogP contribution < -0.4 is 5.32 Å². The van der Waals surface area contributed by atoms with Gasteiger partial charge in [0.25, 0.3) is 0 Å². The van der Waals surface area contributed by atoms with Gasteiger partial charge in [-0.15, -0.1) is 0 Å². The average Bonchev–Trinajstić information content (AvgIpc) is 3.26. The number of amides is 1. The van der Waals surface area contributed by atoms with Gasteiger partial charge in [0.15, 0.2) is 0 Å². The molecule has 2 aromatic rings. The molecule has 4 heterocycles. The van der Waals surface area contributed by atoms with E-state index in [2.05, 4.69) is 31.4 Å². The summed E-state index contributed by atoms with van der Waals surface area (Å²) >= 11 is 0. The molecule has 2 N–H and O–H groups in total. The summed E-state index contributed by atoms with van der Waals surface area (Å²) in [6, 6.07) is 1.09. The molecule has 2 aromatic heterocycles. The summed E-state index contributed by atoms with van der Waals surface area (Å²) in [6.07, 6.45) is 10.6. The lowest BCUT2D eigenvalue weighted by molar-refractivity contribution is -0.131. The van der Waals surface area contributed by atoms with Gasteiger partial charge in [-0.3, -0.25) is 9.69 Å². The number of piperazine rings is 1. The Labute approximate surface area is 183 Å². The van der Waals surface area contributed by atoms with Crippen LogP contribution >= 0.6 is 0 Å². The Kier molecular flexibility index (Phi) is 6.09. The molecule has 8 nitrogen and oxygen atoms in total. The van der Waals surface area contributed by atoms with Gasteiger partial charge in [0.2, 0.25) is 5.91 Å². The standard InChI is InChI=1S/C23H34N6O2/c1-16(30)28-8-10-29(11-9-28)19-4-2-18(3-5-19)27-23-21-20(17-6-12-31-13-7-17)14-24-22(21)25-15-26-23/h14-15,17-19H,2-13H2,1H3,(H2,24,25,26,27)/t18-,19-. The molecule has 0 bridgehead atoms. The Morgan fingerprint density at radius 1 is 1.06 bits per heavy atom. The first kappa shape index (κ1) is 20.7. The first-order chi connectivity index (χ1) is 15.2. The van der Waals surface area contributed by atoms with Gasteiger partial charge in [0, 0.05) is 64.6 Å². The van der Waals surface area contributed by atoms with E-state index in [-0.39, 0.29) is 5.91 Å². The van der Waals surface area contributed by atoms with Crippen LogP contribution in [-0.2, 0) is 9.53 Å². The molecule has 1 amide bonds. The largest absolute Gasteiger partial charge is 0.381 e. The predicted molar refractivity (Wildman–Crippen MR) is 120 cm³/mol. The van der Waals surface area contributed by atoms with Crippen LogP contribution in [0.25, 0.3) is 11.0 Å². The van der Waals surface area contributed by atoms with E-state index in [1.165, 1.54) is 18.4 Å². The third-order valence-corrected chi connectivity index (χ3v) is 7.48. The van der Waals surface area contributed by atoms with Crippen molar-refractivity contribution in [2.45, 2.75) is 63.5 Å². The Hall–Kier alpha value is -2.19. The second-order valence-electron chi connectivity index (χ2n) is 9.27. The van der Waals surface area contributed by atoms with E-state index < -0.39 is 0 Å². The Balaban J connectivity index is 1.22. The van der Waals surface area contributed by atoms with E-state index in [1.54, 1.807) is 13.3 Å². The fourth-order valence-corrected chi connectivity index (χ4v) is 5.61. The minimum absolute atomic E-state index is 0.202. The quantitative estimate of drug-likeness (QED) is 0.782. The number of aromatic nitrogens is 3. The van der Waals surface area contributed by atoms with Crippen molar-refractivity contribution in [1.29, 1.82) is 0 Å². The molecular weight excluding hydrogens is 392 g/mol. The van der Waals surface area contributed by atoms with E-state index in [0.717, 1.165) is 81.9 Å². The fourth-order valence-electron chi connectivity index (χ4n) is 5.61. The van der Waals surface area contributed by atoms with Crippen molar-refractivity contribution in [3.63, 3.8) is 0 Å². The van der Waals surface area contributed by atoms with Crippen molar-refractivity contribution in [2.24, 2.45) is 0 Å². The second kappa shape index (κ2) is 9.12. The summed E-state index contributed by atoms with van der Waals surface area (Å²) in [5.74, 6) is 1.69. The monoisotopic (exact) mass is 426 g/mol. The van der Waals surface area contributed by atoms with Gasteiger partial charge in [-0.05, 0) is 50.0 Å². The lowest BCUT2D eigenvalue weighted by Crippen LogP contribution is -2.52. The van der Waals surface area contributed by atoms with Crippen LogP contribution in [0.2, 0.25) is 0 Å². The average molecular weight is 427 g/mol. The minimum atomic E-state index is 0.202. The molecule has 3 fully saturated rings. The third-order valence-electron chi connectivity index (χ3n) is 7.48. The zero-order valence-electron chi connectivity index (χ0n) is 18.5. The molecular formula is C23H34N6O2. The molecule has 2 aliphatic heterocycles.